The van der Waals surface area contributed by atoms with E-state index >= 15 is 0 Å². The van der Waals surface area contributed by atoms with Gasteiger partial charge in [-0.15, -0.1) is 0 Å². The van der Waals surface area contributed by atoms with Crippen LogP contribution in [0.1, 0.15) is 18.5 Å². The van der Waals surface area contributed by atoms with E-state index in [2.05, 4.69) is 10.3 Å². The third kappa shape index (κ3) is 4.65. The fourth-order valence-electron chi connectivity index (χ4n) is 1.77. The van der Waals surface area contributed by atoms with Crippen molar-refractivity contribution in [2.75, 3.05) is 11.9 Å². The van der Waals surface area contributed by atoms with E-state index < -0.39 is 5.91 Å². The number of carbonyl (C=O) groups excluding carboxylic acids is 1. The van der Waals surface area contributed by atoms with Crippen molar-refractivity contribution in [2.45, 2.75) is 13.0 Å². The van der Waals surface area contributed by atoms with Crippen molar-refractivity contribution in [3.05, 3.63) is 53.2 Å². The highest BCUT2D eigenvalue weighted by Gasteiger charge is 2.06. The van der Waals surface area contributed by atoms with Crippen LogP contribution in [-0.2, 0) is 4.79 Å². The van der Waals surface area contributed by atoms with Gasteiger partial charge in [-0.05, 0) is 36.8 Å². The number of primary amides is 1. The van der Waals surface area contributed by atoms with Gasteiger partial charge < -0.3 is 15.8 Å². The maximum absolute atomic E-state index is 10.6. The lowest BCUT2D eigenvalue weighted by Gasteiger charge is -2.15. The summed E-state index contributed by atoms with van der Waals surface area (Å²) in [6, 6.07) is 11.1. The quantitative estimate of drug-likeness (QED) is 0.860. The van der Waals surface area contributed by atoms with Crippen LogP contribution >= 0.6 is 11.6 Å². The predicted octanol–water partition coefficient (Wildman–Crippen LogP) is 2.77. The molecule has 0 unspecified atom stereocenters. The lowest BCUT2D eigenvalue weighted by Crippen LogP contribution is -2.20. The van der Waals surface area contributed by atoms with E-state index in [-0.39, 0.29) is 12.6 Å². The van der Waals surface area contributed by atoms with Gasteiger partial charge in [-0.25, -0.2) is 4.98 Å². The number of nitrogens with one attached hydrogen (secondary N) is 1. The third-order valence-electron chi connectivity index (χ3n) is 2.85. The Morgan fingerprint density at radius 2 is 2.05 bits per heavy atom. The molecule has 1 aromatic heterocycles. The minimum Gasteiger partial charge on any atom is -0.484 e. The first-order valence-corrected chi connectivity index (χ1v) is 6.81. The molecular weight excluding hydrogens is 290 g/mol. The van der Waals surface area contributed by atoms with Crippen molar-refractivity contribution in [3.8, 4) is 5.75 Å². The second-order valence-electron chi connectivity index (χ2n) is 4.55. The SMILES string of the molecule is C[C@@H](Nc1ccc(Cl)cn1)c1ccc(OCC(N)=O)cc1. The number of hydrogen-bond acceptors (Lipinski definition) is 4. The molecule has 21 heavy (non-hydrogen) atoms. The molecule has 0 spiro atoms. The Labute approximate surface area is 128 Å². The van der Waals surface area contributed by atoms with Crippen molar-refractivity contribution in [1.82, 2.24) is 4.98 Å². The van der Waals surface area contributed by atoms with E-state index in [1.807, 2.05) is 25.1 Å². The first kappa shape index (κ1) is 15.1. The molecule has 6 heteroatoms. The molecule has 5 nitrogen and oxygen atoms in total. The predicted molar refractivity (Wildman–Crippen MR) is 82.4 cm³/mol. The Bertz CT molecular complexity index is 599. The molecule has 1 heterocycles. The number of amides is 1. The number of hydrogen-bond donors (Lipinski definition) is 2. The van der Waals surface area contributed by atoms with Gasteiger partial charge in [0, 0.05) is 12.2 Å². The summed E-state index contributed by atoms with van der Waals surface area (Å²) < 4.78 is 5.21. The molecule has 3 N–H and O–H groups in total. The number of nitrogens with zero attached hydrogens (tertiary/aromatic N) is 1. The number of carbonyl (C=O) groups is 1. The van der Waals surface area contributed by atoms with Gasteiger partial charge >= 0.3 is 0 Å². The third-order valence-corrected chi connectivity index (χ3v) is 3.08. The van der Waals surface area contributed by atoms with E-state index in [1.54, 1.807) is 24.4 Å². The molecule has 1 atom stereocenters. The number of nitrogens with two attached hydrogens (primary N) is 1. The van der Waals surface area contributed by atoms with Gasteiger partial charge in [-0.3, -0.25) is 4.79 Å². The van der Waals surface area contributed by atoms with Crippen molar-refractivity contribution >= 4 is 23.3 Å². The number of aromatic nitrogens is 1. The van der Waals surface area contributed by atoms with Gasteiger partial charge in [-0.2, -0.15) is 0 Å². The maximum atomic E-state index is 10.6. The fourth-order valence-corrected chi connectivity index (χ4v) is 1.89. The summed E-state index contributed by atoms with van der Waals surface area (Å²) in [6.45, 7) is 1.90. The average Bonchev–Trinajstić information content (AvgIpc) is 2.48. The Kier molecular flexibility index (Phi) is 5.00. The van der Waals surface area contributed by atoms with Crippen molar-refractivity contribution < 1.29 is 9.53 Å². The van der Waals surface area contributed by atoms with Crippen LogP contribution in [0.2, 0.25) is 5.02 Å². The van der Waals surface area contributed by atoms with E-state index in [4.69, 9.17) is 22.1 Å². The normalized spacial score (nSPS) is 11.7. The van der Waals surface area contributed by atoms with Crippen molar-refractivity contribution in [1.29, 1.82) is 0 Å². The van der Waals surface area contributed by atoms with Gasteiger partial charge in [0.05, 0.1) is 5.02 Å². The molecule has 0 saturated carbocycles. The summed E-state index contributed by atoms with van der Waals surface area (Å²) in [5.41, 5.74) is 6.09. The van der Waals surface area contributed by atoms with Crippen LogP contribution in [0.5, 0.6) is 5.75 Å². The minimum atomic E-state index is -0.497. The number of ether oxygens (including phenoxy) is 1. The lowest BCUT2D eigenvalue weighted by atomic mass is 10.1. The zero-order valence-electron chi connectivity index (χ0n) is 11.5. The number of pyridine rings is 1. The molecule has 0 aliphatic carbocycles. The van der Waals surface area contributed by atoms with Crippen LogP contribution in [0.3, 0.4) is 0 Å². The molecule has 1 amide bonds. The molecule has 0 aliphatic rings. The lowest BCUT2D eigenvalue weighted by molar-refractivity contribution is -0.119. The molecule has 1 aromatic carbocycles. The summed E-state index contributed by atoms with van der Waals surface area (Å²) >= 11 is 5.80. The fraction of sp³-hybridized carbons (Fsp3) is 0.200. The van der Waals surface area contributed by atoms with E-state index in [0.717, 1.165) is 11.4 Å². The Balaban J connectivity index is 1.97. The molecule has 0 radical (unpaired) electrons. The van der Waals surface area contributed by atoms with Crippen molar-refractivity contribution in [3.63, 3.8) is 0 Å². The van der Waals surface area contributed by atoms with Gasteiger partial charge in [0.2, 0.25) is 0 Å². The Morgan fingerprint density at radius 3 is 2.62 bits per heavy atom. The first-order chi connectivity index (χ1) is 10.0. The summed E-state index contributed by atoms with van der Waals surface area (Å²) in [7, 11) is 0. The smallest absolute Gasteiger partial charge is 0.255 e. The van der Waals surface area contributed by atoms with Crippen LogP contribution in [0, 0.1) is 0 Å². The highest BCUT2D eigenvalue weighted by molar-refractivity contribution is 6.30. The first-order valence-electron chi connectivity index (χ1n) is 6.44. The molecule has 110 valence electrons. The molecular formula is C15H16ClN3O2. The molecule has 0 aliphatic heterocycles. The van der Waals surface area contributed by atoms with E-state index in [9.17, 15) is 4.79 Å². The second-order valence-corrected chi connectivity index (χ2v) is 4.99. The van der Waals surface area contributed by atoms with Crippen LogP contribution in [0.4, 0.5) is 5.82 Å². The van der Waals surface area contributed by atoms with Crippen molar-refractivity contribution in [2.24, 2.45) is 5.73 Å². The summed E-state index contributed by atoms with van der Waals surface area (Å²) in [4.78, 5) is 14.8. The minimum absolute atomic E-state index is 0.0730. The highest BCUT2D eigenvalue weighted by Crippen LogP contribution is 2.21. The number of anilines is 1. The molecule has 0 bridgehead atoms. The largest absolute Gasteiger partial charge is 0.484 e. The average molecular weight is 306 g/mol. The number of benzene rings is 1. The van der Waals surface area contributed by atoms with Gasteiger partial charge in [-0.1, -0.05) is 23.7 Å². The molecule has 2 aromatic rings. The van der Waals surface area contributed by atoms with Crippen LogP contribution in [-0.4, -0.2) is 17.5 Å². The zero-order chi connectivity index (χ0) is 15.2. The van der Waals surface area contributed by atoms with Crippen LogP contribution in [0.15, 0.2) is 42.6 Å². The molecule has 0 saturated heterocycles. The Morgan fingerprint density at radius 1 is 1.33 bits per heavy atom. The monoisotopic (exact) mass is 305 g/mol. The van der Waals surface area contributed by atoms with Crippen LogP contribution in [0.25, 0.3) is 0 Å². The second kappa shape index (κ2) is 6.95. The Hall–Kier alpha value is -2.27. The summed E-state index contributed by atoms with van der Waals surface area (Å²) in [5, 5.41) is 3.87. The van der Waals surface area contributed by atoms with Crippen LogP contribution < -0.4 is 15.8 Å². The summed E-state index contributed by atoms with van der Waals surface area (Å²) in [5.74, 6) is 0.859. The molecule has 0 fully saturated rings. The number of rotatable bonds is 6. The number of halogens is 1. The standard InChI is InChI=1S/C15H16ClN3O2/c1-10(19-15-7-4-12(16)8-18-15)11-2-5-13(6-3-11)21-9-14(17)20/h2-8,10H,9H2,1H3,(H2,17,20)(H,18,19)/t10-/m1/s1. The zero-order valence-corrected chi connectivity index (χ0v) is 12.3. The van der Waals surface area contributed by atoms with Gasteiger partial charge in [0.1, 0.15) is 11.6 Å². The van der Waals surface area contributed by atoms with Gasteiger partial charge in [0.15, 0.2) is 6.61 Å². The molecule has 2 rings (SSSR count). The summed E-state index contributed by atoms with van der Waals surface area (Å²) in [6.07, 6.45) is 1.59. The van der Waals surface area contributed by atoms with Gasteiger partial charge in [0.25, 0.3) is 5.91 Å². The maximum Gasteiger partial charge on any atom is 0.255 e. The topological polar surface area (TPSA) is 77.2 Å². The van der Waals surface area contributed by atoms with E-state index in [0.29, 0.717) is 10.8 Å². The van der Waals surface area contributed by atoms with E-state index in [1.165, 1.54) is 0 Å². The highest BCUT2D eigenvalue weighted by atomic mass is 35.5.